The van der Waals surface area contributed by atoms with Crippen LogP contribution in [-0.2, 0) is 14.8 Å². The van der Waals surface area contributed by atoms with Gasteiger partial charge in [0.25, 0.3) is 15.9 Å². The molecule has 0 unspecified atom stereocenters. The second-order valence-corrected chi connectivity index (χ2v) is 9.91. The molecule has 0 spiro atoms. The molecule has 0 saturated carbocycles. The van der Waals surface area contributed by atoms with Crippen molar-refractivity contribution < 1.29 is 23.1 Å². The molecule has 0 aliphatic carbocycles. The maximum atomic E-state index is 13.4. The highest BCUT2D eigenvalue weighted by Gasteiger charge is 2.27. The number of nitrogens with one attached hydrogen (secondary N) is 1. The van der Waals surface area contributed by atoms with Crippen LogP contribution in [0.3, 0.4) is 0 Å². The minimum absolute atomic E-state index is 0.0154. The standard InChI is InChI=1S/C23H19BrN4O5S/c1-33-17-7-5-6-16(13-17)28(34(31,32)18-8-3-2-4-9-18)14-21(29)26-27-22-19-12-15(24)10-11-20(19)25-23(22)30/h2-13,25,30H,14H2,1H3. The van der Waals surface area contributed by atoms with E-state index >= 15 is 0 Å². The van der Waals surface area contributed by atoms with Crippen LogP contribution in [0.25, 0.3) is 10.9 Å². The quantitative estimate of drug-likeness (QED) is 0.312. The molecule has 9 nitrogen and oxygen atoms in total. The summed E-state index contributed by atoms with van der Waals surface area (Å²) in [4.78, 5) is 15.5. The van der Waals surface area contributed by atoms with Gasteiger partial charge < -0.3 is 14.8 Å². The van der Waals surface area contributed by atoms with Gasteiger partial charge in [-0.05, 0) is 42.5 Å². The van der Waals surface area contributed by atoms with E-state index in [1.54, 1.807) is 54.6 Å². The van der Waals surface area contributed by atoms with Gasteiger partial charge in [-0.15, -0.1) is 10.2 Å². The first-order valence-electron chi connectivity index (χ1n) is 9.96. The maximum Gasteiger partial charge on any atom is 0.285 e. The fourth-order valence-corrected chi connectivity index (χ4v) is 5.09. The number of hydrogen-bond acceptors (Lipinski definition) is 6. The summed E-state index contributed by atoms with van der Waals surface area (Å²) in [6.07, 6.45) is 0. The Kier molecular flexibility index (Phi) is 6.66. The van der Waals surface area contributed by atoms with E-state index < -0.39 is 22.5 Å². The topological polar surface area (TPSA) is 124 Å². The molecule has 0 saturated heterocycles. The van der Waals surface area contributed by atoms with Crippen molar-refractivity contribution in [1.82, 2.24) is 4.98 Å². The lowest BCUT2D eigenvalue weighted by Crippen LogP contribution is -2.35. The average molecular weight is 543 g/mol. The molecule has 4 rings (SSSR count). The van der Waals surface area contributed by atoms with Crippen LogP contribution in [0.5, 0.6) is 11.6 Å². The molecule has 0 aliphatic rings. The molecule has 0 atom stereocenters. The highest BCUT2D eigenvalue weighted by atomic mass is 79.9. The summed E-state index contributed by atoms with van der Waals surface area (Å²) < 4.78 is 33.7. The normalized spacial score (nSPS) is 11.7. The van der Waals surface area contributed by atoms with E-state index in [-0.39, 0.29) is 22.2 Å². The number of anilines is 1. The summed E-state index contributed by atoms with van der Waals surface area (Å²) >= 11 is 3.35. The molecular weight excluding hydrogens is 524 g/mol. The van der Waals surface area contributed by atoms with Gasteiger partial charge >= 0.3 is 0 Å². The van der Waals surface area contributed by atoms with Crippen LogP contribution in [0.2, 0.25) is 0 Å². The second-order valence-electron chi connectivity index (χ2n) is 7.13. The number of ether oxygens (including phenoxy) is 1. The molecule has 2 N–H and O–H groups in total. The van der Waals surface area contributed by atoms with E-state index in [4.69, 9.17) is 4.74 Å². The van der Waals surface area contributed by atoms with Gasteiger partial charge in [0.2, 0.25) is 5.88 Å². The van der Waals surface area contributed by atoms with Crippen LogP contribution < -0.4 is 9.04 Å². The number of aromatic hydroxyl groups is 1. The molecule has 1 amide bonds. The fourth-order valence-electron chi connectivity index (χ4n) is 3.30. The maximum absolute atomic E-state index is 13.4. The summed E-state index contributed by atoms with van der Waals surface area (Å²) in [6, 6.07) is 19.3. The van der Waals surface area contributed by atoms with Crippen molar-refractivity contribution in [3.05, 3.63) is 77.3 Å². The second kappa shape index (κ2) is 9.65. The Morgan fingerprint density at radius 2 is 1.85 bits per heavy atom. The Bertz CT molecular complexity index is 1490. The van der Waals surface area contributed by atoms with E-state index in [2.05, 4.69) is 31.1 Å². The summed E-state index contributed by atoms with van der Waals surface area (Å²) in [5, 5.41) is 18.3. The van der Waals surface area contributed by atoms with Crippen LogP contribution in [0.4, 0.5) is 11.4 Å². The number of nitrogens with zero attached hydrogens (tertiary/aromatic N) is 3. The molecular formula is C23H19BrN4O5S. The first kappa shape index (κ1) is 23.5. The van der Waals surface area contributed by atoms with Gasteiger partial charge in [-0.25, -0.2) is 8.42 Å². The van der Waals surface area contributed by atoms with E-state index in [9.17, 15) is 18.3 Å². The van der Waals surface area contributed by atoms with E-state index in [0.29, 0.717) is 16.7 Å². The van der Waals surface area contributed by atoms with Crippen molar-refractivity contribution in [2.24, 2.45) is 10.2 Å². The molecule has 0 fully saturated rings. The van der Waals surface area contributed by atoms with Gasteiger partial charge in [0.15, 0.2) is 5.69 Å². The molecule has 0 bridgehead atoms. The Morgan fingerprint density at radius 3 is 2.59 bits per heavy atom. The van der Waals surface area contributed by atoms with Crippen molar-refractivity contribution in [3.63, 3.8) is 0 Å². The summed E-state index contributed by atoms with van der Waals surface area (Å²) in [5.74, 6) is -0.661. The molecule has 1 aromatic heterocycles. The SMILES string of the molecule is COc1cccc(N(CC(=O)N=Nc2c(O)[nH]c3ccc(Br)cc23)S(=O)(=O)c2ccccc2)c1. The van der Waals surface area contributed by atoms with E-state index in [0.717, 1.165) is 8.78 Å². The van der Waals surface area contributed by atoms with Gasteiger partial charge in [0.1, 0.15) is 12.3 Å². The van der Waals surface area contributed by atoms with Crippen LogP contribution >= 0.6 is 15.9 Å². The zero-order chi connectivity index (χ0) is 24.3. The number of amides is 1. The molecule has 1 heterocycles. The number of aromatic amines is 1. The zero-order valence-corrected chi connectivity index (χ0v) is 20.2. The first-order chi connectivity index (χ1) is 16.3. The van der Waals surface area contributed by atoms with Crippen LogP contribution in [0.1, 0.15) is 0 Å². The third-order valence-corrected chi connectivity index (χ3v) is 7.21. The van der Waals surface area contributed by atoms with Gasteiger partial charge in [-0.2, -0.15) is 0 Å². The van der Waals surface area contributed by atoms with Gasteiger partial charge in [0, 0.05) is 15.9 Å². The largest absolute Gasteiger partial charge is 0.497 e. The first-order valence-corrected chi connectivity index (χ1v) is 12.2. The molecule has 3 aromatic carbocycles. The highest BCUT2D eigenvalue weighted by molar-refractivity contribution is 9.10. The molecule has 11 heteroatoms. The number of carbonyl (C=O) groups excluding carboxylic acids is 1. The third kappa shape index (κ3) is 4.80. The smallest absolute Gasteiger partial charge is 0.285 e. The fraction of sp³-hybridized carbons (Fsp3) is 0.0870. The highest BCUT2D eigenvalue weighted by Crippen LogP contribution is 2.37. The van der Waals surface area contributed by atoms with E-state index in [1.807, 2.05) is 0 Å². The summed E-state index contributed by atoms with van der Waals surface area (Å²) in [6.45, 7) is -0.610. The van der Waals surface area contributed by atoms with Crippen LogP contribution in [0.15, 0.2) is 92.4 Å². The van der Waals surface area contributed by atoms with Gasteiger partial charge in [0.05, 0.1) is 23.2 Å². The molecule has 0 aliphatic heterocycles. The van der Waals surface area contributed by atoms with Crippen LogP contribution in [0, 0.1) is 0 Å². The number of rotatable bonds is 7. The lowest BCUT2D eigenvalue weighted by Gasteiger charge is -2.23. The monoisotopic (exact) mass is 542 g/mol. The van der Waals surface area contributed by atoms with Gasteiger partial charge in [-0.3, -0.25) is 9.10 Å². The van der Waals surface area contributed by atoms with Gasteiger partial charge in [-0.1, -0.05) is 40.2 Å². The van der Waals surface area contributed by atoms with Crippen molar-refractivity contribution >= 4 is 54.1 Å². The number of sulfonamides is 1. The minimum atomic E-state index is -4.10. The van der Waals surface area contributed by atoms with E-state index in [1.165, 1.54) is 25.3 Å². The van der Waals surface area contributed by atoms with Crippen molar-refractivity contribution in [2.75, 3.05) is 18.0 Å². The average Bonchev–Trinajstić information content (AvgIpc) is 3.15. The molecule has 174 valence electrons. The summed E-state index contributed by atoms with van der Waals surface area (Å²) in [5.41, 5.74) is 0.904. The molecule has 0 radical (unpaired) electrons. The Labute approximate surface area is 203 Å². The number of methoxy groups -OCH3 is 1. The number of fused-ring (bicyclic) bond motifs is 1. The number of carbonyl (C=O) groups is 1. The van der Waals surface area contributed by atoms with Crippen molar-refractivity contribution in [1.29, 1.82) is 0 Å². The Balaban J connectivity index is 1.69. The zero-order valence-electron chi connectivity index (χ0n) is 17.8. The lowest BCUT2D eigenvalue weighted by atomic mass is 10.2. The number of halogens is 1. The number of azo groups is 1. The number of benzene rings is 3. The molecule has 34 heavy (non-hydrogen) atoms. The summed E-state index contributed by atoms with van der Waals surface area (Å²) in [7, 11) is -2.64. The predicted molar refractivity (Wildman–Crippen MR) is 131 cm³/mol. The lowest BCUT2D eigenvalue weighted by molar-refractivity contribution is -0.116. The Hall–Kier alpha value is -3.70. The third-order valence-electron chi connectivity index (χ3n) is 4.93. The number of H-pyrrole nitrogens is 1. The van der Waals surface area contributed by atoms with Crippen molar-refractivity contribution in [3.8, 4) is 11.6 Å². The predicted octanol–water partition coefficient (Wildman–Crippen LogP) is 5.15. The number of hydrogen-bond donors (Lipinski definition) is 2. The van der Waals surface area contributed by atoms with Crippen LogP contribution in [-0.4, -0.2) is 38.1 Å². The van der Waals surface area contributed by atoms with Crippen molar-refractivity contribution in [2.45, 2.75) is 4.90 Å². The number of aromatic nitrogens is 1. The molecule has 4 aromatic rings. The minimum Gasteiger partial charge on any atom is -0.497 e. The Morgan fingerprint density at radius 1 is 1.09 bits per heavy atom.